The summed E-state index contributed by atoms with van der Waals surface area (Å²) in [6, 6.07) is 4.32. The molecule has 0 aliphatic rings. The van der Waals surface area contributed by atoms with E-state index in [0.29, 0.717) is 24.4 Å². The number of hydrogen-bond donors (Lipinski definition) is 2. The highest BCUT2D eigenvalue weighted by Gasteiger charge is 2.06. The summed E-state index contributed by atoms with van der Waals surface area (Å²) >= 11 is 0. The molecule has 0 unspecified atom stereocenters. The molecule has 0 spiro atoms. The molecule has 19 heavy (non-hydrogen) atoms. The van der Waals surface area contributed by atoms with Crippen LogP contribution in [0.2, 0.25) is 0 Å². The summed E-state index contributed by atoms with van der Waals surface area (Å²) in [6.07, 6.45) is 1.56. The molecule has 4 heteroatoms. The van der Waals surface area contributed by atoms with Gasteiger partial charge in [0.05, 0.1) is 0 Å². The van der Waals surface area contributed by atoms with Crippen molar-refractivity contribution in [3.05, 3.63) is 35.4 Å². The molecule has 1 rings (SSSR count). The van der Waals surface area contributed by atoms with E-state index in [0.717, 1.165) is 32.1 Å². The molecule has 0 atom stereocenters. The molecular weight excluding hydrogens is 246 g/mol. The van der Waals surface area contributed by atoms with Crippen molar-refractivity contribution < 1.29 is 8.78 Å². The SMILES string of the molecule is CC(C)CNCCCNCCc1cccc(F)c1F. The van der Waals surface area contributed by atoms with Gasteiger partial charge in [-0.2, -0.15) is 0 Å². The molecule has 0 fully saturated rings. The van der Waals surface area contributed by atoms with Crippen LogP contribution in [0.3, 0.4) is 0 Å². The second-order valence-electron chi connectivity index (χ2n) is 5.16. The Morgan fingerprint density at radius 1 is 1.05 bits per heavy atom. The number of halogens is 2. The van der Waals surface area contributed by atoms with Gasteiger partial charge in [0.15, 0.2) is 11.6 Å². The molecular formula is C15H24F2N2. The van der Waals surface area contributed by atoms with Crippen molar-refractivity contribution in [3.63, 3.8) is 0 Å². The Kier molecular flexibility index (Phi) is 7.60. The lowest BCUT2D eigenvalue weighted by atomic mass is 10.1. The Balaban J connectivity index is 2.06. The van der Waals surface area contributed by atoms with Crippen molar-refractivity contribution in [1.82, 2.24) is 10.6 Å². The maximum Gasteiger partial charge on any atom is 0.162 e. The molecule has 2 nitrogen and oxygen atoms in total. The largest absolute Gasteiger partial charge is 0.316 e. The minimum absolute atomic E-state index is 0.436. The van der Waals surface area contributed by atoms with Crippen molar-refractivity contribution >= 4 is 0 Å². The van der Waals surface area contributed by atoms with Gasteiger partial charge in [0.2, 0.25) is 0 Å². The first-order valence-electron chi connectivity index (χ1n) is 6.95. The normalized spacial score (nSPS) is 11.2. The average Bonchev–Trinajstić information content (AvgIpc) is 2.37. The molecule has 0 saturated heterocycles. The van der Waals surface area contributed by atoms with Crippen molar-refractivity contribution in [2.24, 2.45) is 5.92 Å². The van der Waals surface area contributed by atoms with Gasteiger partial charge < -0.3 is 10.6 Å². The van der Waals surface area contributed by atoms with Crippen molar-refractivity contribution in [1.29, 1.82) is 0 Å². The van der Waals surface area contributed by atoms with E-state index in [-0.39, 0.29) is 0 Å². The van der Waals surface area contributed by atoms with E-state index in [1.54, 1.807) is 12.1 Å². The van der Waals surface area contributed by atoms with Gasteiger partial charge in [-0.3, -0.25) is 0 Å². The van der Waals surface area contributed by atoms with Crippen LogP contribution in [0.25, 0.3) is 0 Å². The maximum absolute atomic E-state index is 13.3. The van der Waals surface area contributed by atoms with Gasteiger partial charge in [-0.25, -0.2) is 8.78 Å². The number of benzene rings is 1. The van der Waals surface area contributed by atoms with Crippen LogP contribution in [0.5, 0.6) is 0 Å². The summed E-state index contributed by atoms with van der Waals surface area (Å²) in [4.78, 5) is 0. The molecule has 1 aromatic rings. The number of nitrogens with one attached hydrogen (secondary N) is 2. The quantitative estimate of drug-likeness (QED) is 0.674. The van der Waals surface area contributed by atoms with Gasteiger partial charge in [-0.05, 0) is 56.6 Å². The molecule has 0 aliphatic heterocycles. The van der Waals surface area contributed by atoms with Crippen LogP contribution in [0.4, 0.5) is 8.78 Å². The summed E-state index contributed by atoms with van der Waals surface area (Å²) < 4.78 is 26.3. The zero-order valence-corrected chi connectivity index (χ0v) is 11.8. The van der Waals surface area contributed by atoms with E-state index in [2.05, 4.69) is 24.5 Å². The highest BCUT2D eigenvalue weighted by molar-refractivity contribution is 5.19. The van der Waals surface area contributed by atoms with Crippen LogP contribution in [0.1, 0.15) is 25.8 Å². The second kappa shape index (κ2) is 8.99. The lowest BCUT2D eigenvalue weighted by Crippen LogP contribution is -2.25. The molecule has 1 aromatic carbocycles. The monoisotopic (exact) mass is 270 g/mol. The minimum atomic E-state index is -0.768. The highest BCUT2D eigenvalue weighted by Crippen LogP contribution is 2.11. The summed E-state index contributed by atoms with van der Waals surface area (Å²) in [5, 5.41) is 6.60. The van der Waals surface area contributed by atoms with Crippen molar-refractivity contribution in [2.75, 3.05) is 26.2 Å². The van der Waals surface area contributed by atoms with Gasteiger partial charge in [0.25, 0.3) is 0 Å². The van der Waals surface area contributed by atoms with E-state index in [1.807, 2.05) is 0 Å². The molecule has 2 N–H and O–H groups in total. The molecule has 0 amide bonds. The first-order chi connectivity index (χ1) is 9.11. The van der Waals surface area contributed by atoms with Crippen LogP contribution in [-0.4, -0.2) is 26.2 Å². The standard InChI is InChI=1S/C15H24F2N2/c1-12(2)11-19-9-4-8-18-10-7-13-5-3-6-14(16)15(13)17/h3,5-6,12,18-19H,4,7-11H2,1-2H3. The molecule has 0 aromatic heterocycles. The van der Waals surface area contributed by atoms with E-state index in [9.17, 15) is 8.78 Å². The molecule has 0 bridgehead atoms. The van der Waals surface area contributed by atoms with E-state index < -0.39 is 11.6 Å². The molecule has 108 valence electrons. The lowest BCUT2D eigenvalue weighted by Gasteiger charge is -2.08. The topological polar surface area (TPSA) is 24.1 Å². The van der Waals surface area contributed by atoms with Crippen LogP contribution in [0.15, 0.2) is 18.2 Å². The summed E-state index contributed by atoms with van der Waals surface area (Å²) in [5.41, 5.74) is 0.436. The Hall–Kier alpha value is -1.00. The smallest absolute Gasteiger partial charge is 0.162 e. The van der Waals surface area contributed by atoms with Crippen LogP contribution < -0.4 is 10.6 Å². The van der Waals surface area contributed by atoms with Gasteiger partial charge in [-0.1, -0.05) is 26.0 Å². The lowest BCUT2D eigenvalue weighted by molar-refractivity contribution is 0.495. The van der Waals surface area contributed by atoms with Gasteiger partial charge in [0.1, 0.15) is 0 Å². The number of hydrogen-bond acceptors (Lipinski definition) is 2. The van der Waals surface area contributed by atoms with Gasteiger partial charge in [0, 0.05) is 0 Å². The molecule has 0 radical (unpaired) electrons. The molecule has 0 heterocycles. The summed E-state index contributed by atoms with van der Waals surface area (Å²) in [7, 11) is 0. The Morgan fingerprint density at radius 2 is 1.79 bits per heavy atom. The fraction of sp³-hybridized carbons (Fsp3) is 0.600. The van der Waals surface area contributed by atoms with E-state index in [1.165, 1.54) is 0 Å². The number of rotatable bonds is 9. The molecule has 0 saturated carbocycles. The average molecular weight is 270 g/mol. The fourth-order valence-corrected chi connectivity index (χ4v) is 1.82. The van der Waals surface area contributed by atoms with E-state index in [4.69, 9.17) is 0 Å². The first-order valence-corrected chi connectivity index (χ1v) is 6.95. The predicted molar refractivity (Wildman–Crippen MR) is 75.3 cm³/mol. The van der Waals surface area contributed by atoms with Crippen molar-refractivity contribution in [3.8, 4) is 0 Å². The first kappa shape index (κ1) is 16.1. The van der Waals surface area contributed by atoms with Crippen LogP contribution in [-0.2, 0) is 6.42 Å². The summed E-state index contributed by atoms with van der Waals surface area (Å²) in [6.45, 7) is 7.94. The van der Waals surface area contributed by atoms with Crippen LogP contribution >= 0.6 is 0 Å². The Labute approximate surface area is 114 Å². The van der Waals surface area contributed by atoms with Gasteiger partial charge >= 0.3 is 0 Å². The van der Waals surface area contributed by atoms with E-state index >= 15 is 0 Å². The molecule has 0 aliphatic carbocycles. The zero-order valence-electron chi connectivity index (χ0n) is 11.8. The zero-order chi connectivity index (χ0) is 14.1. The minimum Gasteiger partial charge on any atom is -0.316 e. The summed E-state index contributed by atoms with van der Waals surface area (Å²) in [5.74, 6) is -0.817. The second-order valence-corrected chi connectivity index (χ2v) is 5.16. The third kappa shape index (κ3) is 6.64. The Bertz CT molecular complexity index is 367. The van der Waals surface area contributed by atoms with Crippen molar-refractivity contribution in [2.45, 2.75) is 26.7 Å². The van der Waals surface area contributed by atoms with Gasteiger partial charge in [-0.15, -0.1) is 0 Å². The highest BCUT2D eigenvalue weighted by atomic mass is 19.2. The fourth-order valence-electron chi connectivity index (χ4n) is 1.82. The van der Waals surface area contributed by atoms with Crippen LogP contribution in [0, 0.1) is 17.6 Å². The third-order valence-corrected chi connectivity index (χ3v) is 2.86. The Morgan fingerprint density at radius 3 is 2.53 bits per heavy atom. The third-order valence-electron chi connectivity index (χ3n) is 2.86. The maximum atomic E-state index is 13.3. The predicted octanol–water partition coefficient (Wildman–Crippen LogP) is 2.73.